The Labute approximate surface area is 117 Å². The van der Waals surface area contributed by atoms with Gasteiger partial charge < -0.3 is 5.11 Å². The van der Waals surface area contributed by atoms with Gasteiger partial charge in [-0.15, -0.1) is 11.3 Å². The van der Waals surface area contributed by atoms with E-state index in [1.54, 1.807) is 18.2 Å². The number of carbonyl (C=O) groups excluding carboxylic acids is 1. The first-order valence-electron chi connectivity index (χ1n) is 4.94. The van der Waals surface area contributed by atoms with Crippen LogP contribution in [-0.4, -0.2) is 17.0 Å². The van der Waals surface area contributed by atoms with Gasteiger partial charge in [-0.05, 0) is 18.2 Å². The number of rotatable bonds is 3. The molecule has 0 amide bonds. The first-order chi connectivity index (χ1) is 8.87. The normalized spacial score (nSPS) is 13.5. The molecule has 0 fully saturated rings. The largest absolute Gasteiger partial charge is 0.420 e. The minimum atomic E-state index is -4.35. The van der Waals surface area contributed by atoms with Crippen LogP contribution < -0.4 is 0 Å². The fourth-order valence-electron chi connectivity index (χ4n) is 1.52. The molecule has 3 nitrogen and oxygen atoms in total. The van der Waals surface area contributed by atoms with Crippen molar-refractivity contribution in [2.75, 3.05) is 0 Å². The summed E-state index contributed by atoms with van der Waals surface area (Å²) in [5.41, 5.74) is 0. The number of carbonyl (C=O) groups is 1. The summed E-state index contributed by atoms with van der Waals surface area (Å²) >= 11 is 4.12. The highest BCUT2D eigenvalue weighted by Crippen LogP contribution is 2.40. The summed E-state index contributed by atoms with van der Waals surface area (Å²) in [4.78, 5) is 13.0. The molecule has 0 saturated heterocycles. The SMILES string of the molecule is O=C(OF)C(F)(F)C(O)c1cc2c(Br)cccc2s1. The van der Waals surface area contributed by atoms with Crippen molar-refractivity contribution in [3.05, 3.63) is 33.6 Å². The molecule has 2 rings (SSSR count). The van der Waals surface area contributed by atoms with E-state index in [0.29, 0.717) is 14.6 Å². The highest BCUT2D eigenvalue weighted by Gasteiger charge is 2.50. The van der Waals surface area contributed by atoms with E-state index in [0.717, 1.165) is 11.3 Å². The van der Waals surface area contributed by atoms with E-state index in [9.17, 15) is 23.2 Å². The lowest BCUT2D eigenvalue weighted by Crippen LogP contribution is -2.35. The van der Waals surface area contributed by atoms with Crippen molar-refractivity contribution in [1.82, 2.24) is 0 Å². The van der Waals surface area contributed by atoms with Crippen molar-refractivity contribution in [3.63, 3.8) is 0 Å². The Balaban J connectivity index is 2.44. The molecule has 0 aliphatic heterocycles. The zero-order valence-corrected chi connectivity index (χ0v) is 11.5. The van der Waals surface area contributed by atoms with Crippen LogP contribution in [0.15, 0.2) is 28.7 Å². The Morgan fingerprint density at radius 2 is 2.16 bits per heavy atom. The van der Waals surface area contributed by atoms with Gasteiger partial charge in [-0.2, -0.15) is 8.78 Å². The molecule has 8 heteroatoms. The Bertz CT molecular complexity index is 629. The summed E-state index contributed by atoms with van der Waals surface area (Å²) in [5, 5.41) is 10.1. The first-order valence-corrected chi connectivity index (χ1v) is 6.55. The average Bonchev–Trinajstić information content (AvgIpc) is 2.82. The molecule has 1 aromatic heterocycles. The Kier molecular flexibility index (Phi) is 3.84. The average molecular weight is 355 g/mol. The predicted octanol–water partition coefficient (Wildman–Crippen LogP) is 3.76. The van der Waals surface area contributed by atoms with Gasteiger partial charge in [0.05, 0.1) is 0 Å². The zero-order valence-electron chi connectivity index (χ0n) is 9.07. The zero-order chi connectivity index (χ0) is 14.2. The third-order valence-corrected chi connectivity index (χ3v) is 4.33. The molecule has 1 N–H and O–H groups in total. The Morgan fingerprint density at radius 3 is 2.74 bits per heavy atom. The van der Waals surface area contributed by atoms with Gasteiger partial charge in [0, 0.05) is 24.0 Å². The lowest BCUT2D eigenvalue weighted by atomic mass is 10.1. The van der Waals surface area contributed by atoms with Crippen LogP contribution in [0.3, 0.4) is 0 Å². The molecule has 2 aromatic rings. The summed E-state index contributed by atoms with van der Waals surface area (Å²) in [6, 6.07) is 6.40. The Hall–Kier alpha value is -1.12. The van der Waals surface area contributed by atoms with Crippen molar-refractivity contribution in [1.29, 1.82) is 0 Å². The number of benzene rings is 1. The number of thiophene rings is 1. The van der Waals surface area contributed by atoms with Crippen molar-refractivity contribution in [3.8, 4) is 0 Å². The number of alkyl halides is 2. The molecule has 0 spiro atoms. The summed E-state index contributed by atoms with van der Waals surface area (Å²) < 4.78 is 39.6. The number of hydrogen-bond acceptors (Lipinski definition) is 4. The minimum Gasteiger partial charge on any atom is -0.381 e. The van der Waals surface area contributed by atoms with E-state index in [4.69, 9.17) is 0 Å². The standard InChI is InChI=1S/C11H6BrF3O3S/c12-6-2-1-3-7-5(6)4-8(19-7)9(16)11(13,14)10(17)18-15/h1-4,9,16H. The molecule has 0 aliphatic carbocycles. The van der Waals surface area contributed by atoms with Crippen LogP contribution in [-0.2, 0) is 9.74 Å². The van der Waals surface area contributed by atoms with E-state index >= 15 is 0 Å². The van der Waals surface area contributed by atoms with Crippen LogP contribution in [0.5, 0.6) is 0 Å². The lowest BCUT2D eigenvalue weighted by Gasteiger charge is -2.16. The molecule has 102 valence electrons. The number of aliphatic hydroxyl groups is 1. The van der Waals surface area contributed by atoms with Crippen LogP contribution in [0, 0.1) is 0 Å². The van der Waals surface area contributed by atoms with Gasteiger partial charge in [0.25, 0.3) is 0 Å². The smallest absolute Gasteiger partial charge is 0.381 e. The van der Waals surface area contributed by atoms with E-state index in [1.165, 1.54) is 6.07 Å². The topological polar surface area (TPSA) is 46.5 Å². The molecule has 1 heterocycles. The second-order valence-corrected chi connectivity index (χ2v) is 5.66. The maximum absolute atomic E-state index is 13.4. The maximum atomic E-state index is 13.4. The number of aliphatic hydroxyl groups excluding tert-OH is 1. The molecule has 0 bridgehead atoms. The van der Waals surface area contributed by atoms with Gasteiger partial charge in [-0.1, -0.05) is 22.0 Å². The third-order valence-electron chi connectivity index (χ3n) is 2.48. The maximum Gasteiger partial charge on any atom is 0.420 e. The predicted molar refractivity (Wildman–Crippen MR) is 66.6 cm³/mol. The highest BCUT2D eigenvalue weighted by atomic mass is 79.9. The molecule has 0 aliphatic rings. The number of fused-ring (bicyclic) bond motifs is 1. The van der Waals surface area contributed by atoms with Crippen molar-refractivity contribution < 1.29 is 28.1 Å². The van der Waals surface area contributed by atoms with Crippen LogP contribution in [0.2, 0.25) is 0 Å². The molecular weight excluding hydrogens is 349 g/mol. The van der Waals surface area contributed by atoms with Crippen molar-refractivity contribution in [2.24, 2.45) is 0 Å². The van der Waals surface area contributed by atoms with Gasteiger partial charge in [-0.25, -0.2) is 9.74 Å². The van der Waals surface area contributed by atoms with Gasteiger partial charge in [0.15, 0.2) is 6.10 Å². The summed E-state index contributed by atoms with van der Waals surface area (Å²) in [5.74, 6) is -6.77. The summed E-state index contributed by atoms with van der Waals surface area (Å²) in [6.45, 7) is 0. The molecule has 1 aromatic carbocycles. The summed E-state index contributed by atoms with van der Waals surface area (Å²) in [7, 11) is 0. The lowest BCUT2D eigenvalue weighted by molar-refractivity contribution is -0.225. The monoisotopic (exact) mass is 354 g/mol. The minimum absolute atomic E-state index is 0.155. The Morgan fingerprint density at radius 1 is 1.47 bits per heavy atom. The van der Waals surface area contributed by atoms with E-state index < -0.39 is 18.0 Å². The van der Waals surface area contributed by atoms with Gasteiger partial charge in [0.2, 0.25) is 0 Å². The molecule has 1 atom stereocenters. The van der Waals surface area contributed by atoms with Crippen LogP contribution in [0.4, 0.5) is 13.3 Å². The first kappa shape index (κ1) is 14.3. The second kappa shape index (κ2) is 5.10. The number of hydrogen-bond donors (Lipinski definition) is 1. The second-order valence-electron chi connectivity index (χ2n) is 3.69. The van der Waals surface area contributed by atoms with E-state index in [-0.39, 0.29) is 4.88 Å². The fourth-order valence-corrected chi connectivity index (χ4v) is 3.25. The van der Waals surface area contributed by atoms with E-state index in [1.807, 2.05) is 0 Å². The van der Waals surface area contributed by atoms with Crippen LogP contribution in [0.1, 0.15) is 11.0 Å². The molecule has 0 saturated carbocycles. The van der Waals surface area contributed by atoms with Gasteiger partial charge >= 0.3 is 11.9 Å². The molecular formula is C11H6BrF3O3S. The van der Waals surface area contributed by atoms with Crippen LogP contribution in [0.25, 0.3) is 10.1 Å². The van der Waals surface area contributed by atoms with Crippen molar-refractivity contribution >= 4 is 43.3 Å². The quantitative estimate of drug-likeness (QED) is 0.912. The molecule has 1 unspecified atom stereocenters. The fraction of sp³-hybridized carbons (Fsp3) is 0.182. The van der Waals surface area contributed by atoms with Crippen LogP contribution >= 0.6 is 27.3 Å². The van der Waals surface area contributed by atoms with Gasteiger partial charge in [0.1, 0.15) is 0 Å². The number of halogens is 4. The van der Waals surface area contributed by atoms with Gasteiger partial charge in [-0.3, -0.25) is 0 Å². The summed E-state index contributed by atoms with van der Waals surface area (Å²) in [6.07, 6.45) is -2.46. The molecule has 0 radical (unpaired) electrons. The third kappa shape index (κ3) is 2.47. The highest BCUT2D eigenvalue weighted by molar-refractivity contribution is 9.10. The van der Waals surface area contributed by atoms with E-state index in [2.05, 4.69) is 20.9 Å². The van der Waals surface area contributed by atoms with Crippen molar-refractivity contribution in [2.45, 2.75) is 12.0 Å². The molecule has 19 heavy (non-hydrogen) atoms.